The third-order valence-electron chi connectivity index (χ3n) is 4.68. The molecule has 16 heavy (non-hydrogen) atoms. The van der Waals surface area contributed by atoms with Crippen molar-refractivity contribution in [2.45, 2.75) is 57.0 Å². The van der Waals surface area contributed by atoms with Crippen molar-refractivity contribution in [2.75, 3.05) is 6.54 Å². The van der Waals surface area contributed by atoms with E-state index in [1.807, 2.05) is 0 Å². The number of hydrogen-bond donors (Lipinski definition) is 1. The number of nitrogens with two attached hydrogens (primary N) is 1. The van der Waals surface area contributed by atoms with Gasteiger partial charge >= 0.3 is 0 Å². The highest BCUT2D eigenvalue weighted by Gasteiger charge is 2.46. The lowest BCUT2D eigenvalue weighted by Gasteiger charge is -2.29. The molecule has 0 aromatic rings. The quantitative estimate of drug-likeness (QED) is 0.770. The second-order valence-electron chi connectivity index (χ2n) is 5.79. The fourth-order valence-electron chi connectivity index (χ4n) is 3.61. The summed E-state index contributed by atoms with van der Waals surface area (Å²) in [5, 5.41) is 0. The predicted octanol–water partition coefficient (Wildman–Crippen LogP) is 1.51. The Morgan fingerprint density at radius 2 is 1.81 bits per heavy atom. The normalized spacial score (nSPS) is 39.3. The molecule has 3 fully saturated rings. The summed E-state index contributed by atoms with van der Waals surface area (Å²) in [5.74, 6) is 1.32. The van der Waals surface area contributed by atoms with Crippen LogP contribution in [0.5, 0.6) is 0 Å². The number of carbonyl (C=O) groups excluding carboxylic acids is 1. The highest BCUT2D eigenvalue weighted by Crippen LogP contribution is 2.38. The van der Waals surface area contributed by atoms with E-state index in [4.69, 9.17) is 5.73 Å². The summed E-state index contributed by atoms with van der Waals surface area (Å²) in [7, 11) is 0. The molecule has 3 aliphatic rings. The van der Waals surface area contributed by atoms with Gasteiger partial charge in [-0.1, -0.05) is 12.8 Å². The summed E-state index contributed by atoms with van der Waals surface area (Å²) in [4.78, 5) is 14.4. The van der Waals surface area contributed by atoms with Crippen molar-refractivity contribution in [2.24, 2.45) is 17.6 Å². The third-order valence-corrected chi connectivity index (χ3v) is 4.68. The topological polar surface area (TPSA) is 46.3 Å². The number of rotatable bonds is 2. The van der Waals surface area contributed by atoms with E-state index >= 15 is 0 Å². The second-order valence-corrected chi connectivity index (χ2v) is 5.79. The smallest absolute Gasteiger partial charge is 0.227 e. The SMILES string of the molecule is NC1CC1C(=O)N1CCCC1C1CCCC1. The minimum Gasteiger partial charge on any atom is -0.339 e. The van der Waals surface area contributed by atoms with E-state index in [2.05, 4.69) is 4.90 Å². The average molecular weight is 222 g/mol. The highest BCUT2D eigenvalue weighted by atomic mass is 16.2. The van der Waals surface area contributed by atoms with Crippen LogP contribution in [0, 0.1) is 11.8 Å². The summed E-state index contributed by atoms with van der Waals surface area (Å²) in [6, 6.07) is 0.722. The van der Waals surface area contributed by atoms with Crippen LogP contribution in [-0.2, 0) is 4.79 Å². The number of nitrogens with zero attached hydrogens (tertiary/aromatic N) is 1. The molecule has 90 valence electrons. The number of amides is 1. The van der Waals surface area contributed by atoms with Crippen LogP contribution >= 0.6 is 0 Å². The van der Waals surface area contributed by atoms with Crippen molar-refractivity contribution < 1.29 is 4.79 Å². The van der Waals surface area contributed by atoms with Gasteiger partial charge < -0.3 is 10.6 Å². The summed E-state index contributed by atoms with van der Waals surface area (Å²) in [5.41, 5.74) is 5.79. The van der Waals surface area contributed by atoms with Crippen LogP contribution in [0.3, 0.4) is 0 Å². The van der Waals surface area contributed by atoms with Gasteiger partial charge in [-0.05, 0) is 38.0 Å². The zero-order chi connectivity index (χ0) is 11.1. The molecule has 3 nitrogen and oxygen atoms in total. The fourth-order valence-corrected chi connectivity index (χ4v) is 3.61. The zero-order valence-electron chi connectivity index (χ0n) is 9.90. The van der Waals surface area contributed by atoms with Gasteiger partial charge in [-0.2, -0.15) is 0 Å². The Labute approximate surface area is 97.4 Å². The lowest BCUT2D eigenvalue weighted by Crippen LogP contribution is -2.41. The van der Waals surface area contributed by atoms with E-state index in [-0.39, 0.29) is 12.0 Å². The molecule has 3 rings (SSSR count). The van der Waals surface area contributed by atoms with Crippen molar-refractivity contribution >= 4 is 5.91 Å². The average Bonchev–Trinajstić information content (AvgIpc) is 2.81. The molecule has 0 bridgehead atoms. The summed E-state index contributed by atoms with van der Waals surface area (Å²) in [6.07, 6.45) is 8.77. The van der Waals surface area contributed by atoms with Crippen LogP contribution in [0.1, 0.15) is 44.9 Å². The van der Waals surface area contributed by atoms with Crippen molar-refractivity contribution in [3.05, 3.63) is 0 Å². The maximum atomic E-state index is 12.2. The lowest BCUT2D eigenvalue weighted by molar-refractivity contribution is -0.134. The van der Waals surface area contributed by atoms with Crippen LogP contribution in [0.15, 0.2) is 0 Å². The Morgan fingerprint density at radius 1 is 1.12 bits per heavy atom. The Bertz CT molecular complexity index is 286. The Morgan fingerprint density at radius 3 is 2.44 bits per heavy atom. The first-order valence-corrected chi connectivity index (χ1v) is 6.83. The van der Waals surface area contributed by atoms with Gasteiger partial charge in [-0.15, -0.1) is 0 Å². The first-order chi connectivity index (χ1) is 7.77. The molecular formula is C13H22N2O. The van der Waals surface area contributed by atoms with Gasteiger partial charge in [0.05, 0.1) is 5.92 Å². The van der Waals surface area contributed by atoms with Gasteiger partial charge in [-0.25, -0.2) is 0 Å². The Hall–Kier alpha value is -0.570. The third kappa shape index (κ3) is 1.75. The van der Waals surface area contributed by atoms with Gasteiger partial charge in [0.1, 0.15) is 0 Å². The summed E-state index contributed by atoms with van der Waals surface area (Å²) < 4.78 is 0. The maximum Gasteiger partial charge on any atom is 0.227 e. The van der Waals surface area contributed by atoms with Crippen molar-refractivity contribution in [1.82, 2.24) is 4.90 Å². The number of likely N-dealkylation sites (tertiary alicyclic amines) is 1. The number of carbonyl (C=O) groups is 1. The minimum atomic E-state index is 0.164. The molecule has 1 heterocycles. The van der Waals surface area contributed by atoms with E-state index in [0.717, 1.165) is 18.9 Å². The zero-order valence-corrected chi connectivity index (χ0v) is 9.90. The summed E-state index contributed by atoms with van der Waals surface area (Å²) >= 11 is 0. The van der Waals surface area contributed by atoms with E-state index in [1.54, 1.807) is 0 Å². The standard InChI is InChI=1S/C13H22N2O/c14-11-8-10(11)13(16)15-7-3-6-12(15)9-4-1-2-5-9/h9-12H,1-8,14H2. The molecule has 0 radical (unpaired) electrons. The summed E-state index contributed by atoms with van der Waals surface area (Å²) in [6.45, 7) is 0.989. The lowest BCUT2D eigenvalue weighted by atomic mass is 9.96. The van der Waals surface area contributed by atoms with Crippen molar-refractivity contribution in [1.29, 1.82) is 0 Å². The van der Waals surface area contributed by atoms with Gasteiger partial charge in [0.15, 0.2) is 0 Å². The molecule has 3 unspecified atom stereocenters. The Balaban J connectivity index is 1.66. The van der Waals surface area contributed by atoms with Gasteiger partial charge in [0.2, 0.25) is 5.91 Å². The first kappa shape index (κ1) is 10.6. The van der Waals surface area contributed by atoms with E-state index in [0.29, 0.717) is 11.9 Å². The molecule has 1 saturated heterocycles. The van der Waals surface area contributed by atoms with E-state index in [1.165, 1.54) is 38.5 Å². The van der Waals surface area contributed by atoms with Gasteiger partial charge in [-0.3, -0.25) is 4.79 Å². The van der Waals surface area contributed by atoms with E-state index in [9.17, 15) is 4.79 Å². The molecule has 0 aromatic carbocycles. The number of hydrogen-bond acceptors (Lipinski definition) is 2. The van der Waals surface area contributed by atoms with E-state index < -0.39 is 0 Å². The predicted molar refractivity (Wildman–Crippen MR) is 62.8 cm³/mol. The minimum absolute atomic E-state index is 0.164. The monoisotopic (exact) mass is 222 g/mol. The first-order valence-electron chi connectivity index (χ1n) is 6.83. The largest absolute Gasteiger partial charge is 0.339 e. The molecular weight excluding hydrogens is 200 g/mol. The van der Waals surface area contributed by atoms with Crippen LogP contribution < -0.4 is 5.73 Å². The molecule has 2 saturated carbocycles. The van der Waals surface area contributed by atoms with Crippen molar-refractivity contribution in [3.63, 3.8) is 0 Å². The maximum absolute atomic E-state index is 12.2. The Kier molecular flexibility index (Phi) is 2.66. The molecule has 3 heteroatoms. The molecule has 0 aromatic heterocycles. The van der Waals surface area contributed by atoms with Gasteiger partial charge in [0.25, 0.3) is 0 Å². The highest BCUT2D eigenvalue weighted by molar-refractivity contribution is 5.83. The molecule has 1 amide bonds. The van der Waals surface area contributed by atoms with Crippen LogP contribution in [0.2, 0.25) is 0 Å². The molecule has 2 aliphatic carbocycles. The molecule has 2 N–H and O–H groups in total. The van der Waals surface area contributed by atoms with Crippen LogP contribution in [-0.4, -0.2) is 29.4 Å². The van der Waals surface area contributed by atoms with Crippen LogP contribution in [0.4, 0.5) is 0 Å². The van der Waals surface area contributed by atoms with Crippen molar-refractivity contribution in [3.8, 4) is 0 Å². The molecule has 3 atom stereocenters. The van der Waals surface area contributed by atoms with Gasteiger partial charge in [0, 0.05) is 18.6 Å². The van der Waals surface area contributed by atoms with Crippen LogP contribution in [0.25, 0.3) is 0 Å². The second kappa shape index (κ2) is 4.02. The fraction of sp³-hybridized carbons (Fsp3) is 0.923. The molecule has 1 aliphatic heterocycles. The molecule has 0 spiro atoms.